The third kappa shape index (κ3) is 3.81. The Kier molecular flexibility index (Phi) is 4.51. The van der Waals surface area contributed by atoms with Gasteiger partial charge in [0.05, 0.1) is 0 Å². The average molecular weight is 310 g/mol. The molecule has 1 N–H and O–H groups in total. The highest BCUT2D eigenvalue weighted by Crippen LogP contribution is 2.31. The lowest BCUT2D eigenvalue weighted by Gasteiger charge is -2.28. The van der Waals surface area contributed by atoms with Gasteiger partial charge in [0, 0.05) is 24.8 Å². The molecule has 0 aliphatic carbocycles. The fourth-order valence-electron chi connectivity index (χ4n) is 3.10. The van der Waals surface area contributed by atoms with Gasteiger partial charge < -0.3 is 10.2 Å². The van der Waals surface area contributed by atoms with E-state index in [0.717, 1.165) is 30.4 Å². The number of benzene rings is 1. The topological polar surface area (TPSA) is 41.0 Å². The lowest BCUT2D eigenvalue weighted by molar-refractivity contribution is 0.573. The van der Waals surface area contributed by atoms with E-state index >= 15 is 0 Å². The van der Waals surface area contributed by atoms with Crippen molar-refractivity contribution >= 4 is 17.3 Å². The minimum absolute atomic E-state index is 0.0896. The molecule has 1 aliphatic rings. The Bertz CT molecular complexity index is 654. The molecule has 0 saturated carbocycles. The van der Waals surface area contributed by atoms with Crippen LogP contribution < -0.4 is 10.2 Å². The molecule has 0 atom stereocenters. The van der Waals surface area contributed by atoms with E-state index < -0.39 is 0 Å². The molecule has 0 bridgehead atoms. The third-order valence-corrected chi connectivity index (χ3v) is 4.33. The summed E-state index contributed by atoms with van der Waals surface area (Å²) in [6.07, 6.45) is 5.48. The van der Waals surface area contributed by atoms with Crippen molar-refractivity contribution in [3.8, 4) is 0 Å². The number of rotatable bonds is 3. The maximum absolute atomic E-state index is 4.45. The maximum atomic E-state index is 4.45. The molecule has 2 heterocycles. The van der Waals surface area contributed by atoms with E-state index in [1.165, 1.54) is 24.8 Å². The van der Waals surface area contributed by atoms with Gasteiger partial charge in [0.1, 0.15) is 18.0 Å². The molecule has 1 fully saturated rings. The van der Waals surface area contributed by atoms with Crippen LogP contribution in [0.15, 0.2) is 36.7 Å². The molecule has 122 valence electrons. The quantitative estimate of drug-likeness (QED) is 0.905. The molecule has 0 amide bonds. The summed E-state index contributed by atoms with van der Waals surface area (Å²) in [4.78, 5) is 11.2. The van der Waals surface area contributed by atoms with Crippen molar-refractivity contribution < 1.29 is 0 Å². The van der Waals surface area contributed by atoms with Gasteiger partial charge in [0.15, 0.2) is 0 Å². The van der Waals surface area contributed by atoms with Crippen molar-refractivity contribution in [1.82, 2.24) is 9.97 Å². The van der Waals surface area contributed by atoms with E-state index in [0.29, 0.717) is 0 Å². The van der Waals surface area contributed by atoms with Gasteiger partial charge in [-0.3, -0.25) is 0 Å². The first-order valence-electron chi connectivity index (χ1n) is 8.47. The van der Waals surface area contributed by atoms with Crippen LogP contribution in [0.4, 0.5) is 17.3 Å². The fourth-order valence-corrected chi connectivity index (χ4v) is 3.10. The molecule has 1 saturated heterocycles. The molecule has 4 heteroatoms. The second-order valence-corrected chi connectivity index (χ2v) is 7.23. The van der Waals surface area contributed by atoms with Crippen LogP contribution in [-0.4, -0.2) is 23.1 Å². The first-order valence-corrected chi connectivity index (χ1v) is 8.47. The van der Waals surface area contributed by atoms with E-state index in [1.807, 2.05) is 0 Å². The molecule has 3 rings (SSSR count). The van der Waals surface area contributed by atoms with E-state index in [2.05, 4.69) is 71.3 Å². The molecule has 1 aromatic carbocycles. The molecule has 1 aliphatic heterocycles. The number of para-hydroxylation sites is 1. The largest absolute Gasteiger partial charge is 0.356 e. The van der Waals surface area contributed by atoms with Gasteiger partial charge >= 0.3 is 0 Å². The van der Waals surface area contributed by atoms with E-state index in [9.17, 15) is 0 Å². The Labute approximate surface area is 139 Å². The number of hydrogen-bond acceptors (Lipinski definition) is 4. The summed E-state index contributed by atoms with van der Waals surface area (Å²) in [5.74, 6) is 1.88. The van der Waals surface area contributed by atoms with Gasteiger partial charge in [-0.2, -0.15) is 0 Å². The number of anilines is 3. The molecule has 1 aromatic heterocycles. The molecular weight excluding hydrogens is 284 g/mol. The smallest absolute Gasteiger partial charge is 0.135 e. The van der Waals surface area contributed by atoms with Crippen molar-refractivity contribution in [2.75, 3.05) is 23.3 Å². The third-order valence-electron chi connectivity index (χ3n) is 4.33. The summed E-state index contributed by atoms with van der Waals surface area (Å²) in [7, 11) is 0. The molecule has 0 spiro atoms. The number of piperidine rings is 1. The highest BCUT2D eigenvalue weighted by molar-refractivity contribution is 5.64. The Morgan fingerprint density at radius 1 is 1.00 bits per heavy atom. The molecule has 0 unspecified atom stereocenters. The lowest BCUT2D eigenvalue weighted by atomic mass is 9.86. The first kappa shape index (κ1) is 15.8. The second-order valence-electron chi connectivity index (χ2n) is 7.23. The number of hydrogen-bond donors (Lipinski definition) is 1. The van der Waals surface area contributed by atoms with Crippen LogP contribution in [-0.2, 0) is 5.41 Å². The van der Waals surface area contributed by atoms with E-state index in [1.54, 1.807) is 6.33 Å². The minimum Gasteiger partial charge on any atom is -0.356 e. The summed E-state index contributed by atoms with van der Waals surface area (Å²) >= 11 is 0. The van der Waals surface area contributed by atoms with Crippen molar-refractivity contribution in [1.29, 1.82) is 0 Å². The van der Waals surface area contributed by atoms with E-state index in [4.69, 9.17) is 0 Å². The summed E-state index contributed by atoms with van der Waals surface area (Å²) < 4.78 is 0. The zero-order valence-corrected chi connectivity index (χ0v) is 14.3. The minimum atomic E-state index is 0.0896. The Balaban J connectivity index is 1.84. The lowest BCUT2D eigenvalue weighted by Crippen LogP contribution is -2.30. The van der Waals surface area contributed by atoms with Crippen LogP contribution in [0.2, 0.25) is 0 Å². The molecule has 2 aromatic rings. The van der Waals surface area contributed by atoms with Crippen molar-refractivity contribution in [3.05, 3.63) is 42.2 Å². The fraction of sp³-hybridized carbons (Fsp3) is 0.474. The van der Waals surface area contributed by atoms with Crippen LogP contribution in [0.5, 0.6) is 0 Å². The average Bonchev–Trinajstić information content (AvgIpc) is 2.55. The monoisotopic (exact) mass is 310 g/mol. The molecule has 0 radical (unpaired) electrons. The normalized spacial score (nSPS) is 15.5. The van der Waals surface area contributed by atoms with Crippen LogP contribution in [0.25, 0.3) is 0 Å². The first-order chi connectivity index (χ1) is 11.0. The van der Waals surface area contributed by atoms with Gasteiger partial charge in [-0.15, -0.1) is 0 Å². The zero-order valence-electron chi connectivity index (χ0n) is 14.3. The maximum Gasteiger partial charge on any atom is 0.135 e. The van der Waals surface area contributed by atoms with E-state index in [-0.39, 0.29) is 5.41 Å². The Morgan fingerprint density at radius 3 is 2.48 bits per heavy atom. The standard InChI is InChI=1S/C19H26N4/c1-19(2,3)15-9-5-6-10-16(15)22-17-13-18(21-14-20-17)23-11-7-4-8-12-23/h5-6,9-10,13-14H,4,7-8,11-12H2,1-3H3,(H,20,21,22). The summed E-state index contributed by atoms with van der Waals surface area (Å²) in [5.41, 5.74) is 2.49. The van der Waals surface area contributed by atoms with Gasteiger partial charge in [0.25, 0.3) is 0 Å². The summed E-state index contributed by atoms with van der Waals surface area (Å²) in [6, 6.07) is 10.5. The van der Waals surface area contributed by atoms with Gasteiger partial charge in [-0.05, 0) is 36.3 Å². The molecular formula is C19H26N4. The van der Waals surface area contributed by atoms with Crippen molar-refractivity contribution in [3.63, 3.8) is 0 Å². The van der Waals surface area contributed by atoms with Crippen LogP contribution in [0, 0.1) is 0 Å². The van der Waals surface area contributed by atoms with Crippen LogP contribution >= 0.6 is 0 Å². The second kappa shape index (κ2) is 6.57. The van der Waals surface area contributed by atoms with Crippen LogP contribution in [0.1, 0.15) is 45.6 Å². The Morgan fingerprint density at radius 2 is 1.74 bits per heavy atom. The van der Waals surface area contributed by atoms with Crippen molar-refractivity contribution in [2.45, 2.75) is 45.4 Å². The number of nitrogens with zero attached hydrogens (tertiary/aromatic N) is 3. The van der Waals surface area contributed by atoms with Gasteiger partial charge in [-0.25, -0.2) is 9.97 Å². The number of aromatic nitrogens is 2. The van der Waals surface area contributed by atoms with Gasteiger partial charge in [0.2, 0.25) is 0 Å². The summed E-state index contributed by atoms with van der Waals surface area (Å²) in [6.45, 7) is 8.87. The van der Waals surface area contributed by atoms with Gasteiger partial charge in [-0.1, -0.05) is 39.0 Å². The number of nitrogens with one attached hydrogen (secondary N) is 1. The predicted molar refractivity (Wildman–Crippen MR) is 96.5 cm³/mol. The highest BCUT2D eigenvalue weighted by atomic mass is 15.2. The highest BCUT2D eigenvalue weighted by Gasteiger charge is 2.18. The molecule has 4 nitrogen and oxygen atoms in total. The van der Waals surface area contributed by atoms with Crippen molar-refractivity contribution in [2.24, 2.45) is 0 Å². The van der Waals surface area contributed by atoms with Crippen LogP contribution in [0.3, 0.4) is 0 Å². The SMILES string of the molecule is CC(C)(C)c1ccccc1Nc1cc(N2CCCCC2)ncn1. The molecule has 23 heavy (non-hydrogen) atoms. The summed E-state index contributed by atoms with van der Waals surface area (Å²) in [5, 5.41) is 3.48. The predicted octanol–water partition coefficient (Wildman–Crippen LogP) is 4.51. The zero-order chi connectivity index (χ0) is 16.3. The Hall–Kier alpha value is -2.10.